The lowest BCUT2D eigenvalue weighted by Crippen LogP contribution is -2.33. The van der Waals surface area contributed by atoms with E-state index in [1.807, 2.05) is 24.3 Å². The van der Waals surface area contributed by atoms with Crippen molar-refractivity contribution in [3.8, 4) is 0 Å². The van der Waals surface area contributed by atoms with E-state index in [0.717, 1.165) is 47.4 Å². The van der Waals surface area contributed by atoms with Crippen molar-refractivity contribution in [2.45, 2.75) is 36.6 Å². The minimum atomic E-state index is -0.807. The van der Waals surface area contributed by atoms with E-state index in [0.29, 0.717) is 26.3 Å². The average Bonchev–Trinajstić information content (AvgIpc) is 3.46. The van der Waals surface area contributed by atoms with Crippen molar-refractivity contribution >= 4 is 69.5 Å². The Morgan fingerprint density at radius 3 is 2.23 bits per heavy atom. The molecule has 1 saturated heterocycles. The molecule has 2 unspecified atom stereocenters. The first-order valence-electron chi connectivity index (χ1n) is 14.1. The predicted molar refractivity (Wildman–Crippen MR) is 173 cm³/mol. The Morgan fingerprint density at radius 2 is 1.59 bits per heavy atom. The third-order valence-corrected chi connectivity index (χ3v) is 10.8. The second-order valence-electron chi connectivity index (χ2n) is 10.5. The van der Waals surface area contributed by atoms with Crippen molar-refractivity contribution < 1.29 is 18.8 Å². The van der Waals surface area contributed by atoms with Crippen molar-refractivity contribution in [2.24, 2.45) is 5.92 Å². The monoisotopic (exact) mass is 650 g/mol. The Kier molecular flexibility index (Phi) is 8.36. The molecular formula is C32H28ClFN4O4S2. The quantitative estimate of drug-likeness (QED) is 0.236. The molecule has 4 aromatic rings. The van der Waals surface area contributed by atoms with Crippen LogP contribution in [-0.4, -0.2) is 40.6 Å². The van der Waals surface area contributed by atoms with Crippen LogP contribution in [0.4, 0.5) is 21.5 Å². The summed E-state index contributed by atoms with van der Waals surface area (Å²) in [6, 6.07) is 19.8. The van der Waals surface area contributed by atoms with E-state index in [1.165, 1.54) is 33.7 Å². The van der Waals surface area contributed by atoms with E-state index in [9.17, 15) is 23.6 Å². The topological polar surface area (TPSA) is 91.7 Å². The minimum absolute atomic E-state index is 0.302. The summed E-state index contributed by atoms with van der Waals surface area (Å²) in [6.07, 6.45) is 0. The van der Waals surface area contributed by atoms with Crippen LogP contribution in [0.2, 0.25) is 5.02 Å². The molecule has 2 aliphatic rings. The molecule has 1 N–H and O–H groups in total. The van der Waals surface area contributed by atoms with Gasteiger partial charge >= 0.3 is 4.87 Å². The van der Waals surface area contributed by atoms with Crippen LogP contribution in [0.1, 0.15) is 30.2 Å². The van der Waals surface area contributed by atoms with Gasteiger partial charge in [-0.2, -0.15) is 0 Å². The Bertz CT molecular complexity index is 1790. The highest BCUT2D eigenvalue weighted by Crippen LogP contribution is 2.54. The second kappa shape index (κ2) is 12.2. The Labute approximate surface area is 266 Å². The van der Waals surface area contributed by atoms with Crippen LogP contribution in [-0.2, 0) is 20.9 Å². The molecular weight excluding hydrogens is 623 g/mol. The van der Waals surface area contributed by atoms with Gasteiger partial charge in [-0.3, -0.25) is 23.7 Å². The van der Waals surface area contributed by atoms with Gasteiger partial charge in [0.15, 0.2) is 0 Å². The number of amides is 3. The molecule has 3 atom stereocenters. The normalized spacial score (nSPS) is 19.1. The highest BCUT2D eigenvalue weighted by Gasteiger charge is 2.56. The molecule has 0 aliphatic carbocycles. The first-order valence-corrected chi connectivity index (χ1v) is 16.2. The molecule has 226 valence electrons. The van der Waals surface area contributed by atoms with Gasteiger partial charge < -0.3 is 10.2 Å². The molecule has 0 spiro atoms. The van der Waals surface area contributed by atoms with Crippen LogP contribution in [0.3, 0.4) is 0 Å². The molecule has 0 radical (unpaired) electrons. The summed E-state index contributed by atoms with van der Waals surface area (Å²) in [5.74, 6) is -2.97. The molecule has 0 bridgehead atoms. The number of thiazole rings is 1. The highest BCUT2D eigenvalue weighted by atomic mass is 35.5. The summed E-state index contributed by atoms with van der Waals surface area (Å²) in [5.41, 5.74) is 2.65. The van der Waals surface area contributed by atoms with E-state index in [-0.39, 0.29) is 23.2 Å². The zero-order valence-electron chi connectivity index (χ0n) is 23.8. The number of imide groups is 1. The number of nitrogens with one attached hydrogen (secondary N) is 1. The lowest BCUT2D eigenvalue weighted by atomic mass is 9.83. The second-order valence-corrected chi connectivity index (χ2v) is 13.0. The Balaban J connectivity index is 1.41. The van der Waals surface area contributed by atoms with E-state index in [4.69, 9.17) is 11.6 Å². The summed E-state index contributed by atoms with van der Waals surface area (Å²) in [6.45, 7) is 5.51. The first-order chi connectivity index (χ1) is 21.2. The maximum absolute atomic E-state index is 14.1. The first kappa shape index (κ1) is 30.1. The molecule has 8 nitrogen and oxygen atoms in total. The summed E-state index contributed by atoms with van der Waals surface area (Å²) in [5, 5.41) is 2.86. The fourth-order valence-electron chi connectivity index (χ4n) is 5.82. The molecule has 3 heterocycles. The summed E-state index contributed by atoms with van der Waals surface area (Å²) >= 11 is 8.21. The maximum Gasteiger partial charge on any atom is 0.308 e. The predicted octanol–water partition coefficient (Wildman–Crippen LogP) is 5.98. The van der Waals surface area contributed by atoms with Gasteiger partial charge in [0.25, 0.3) is 0 Å². The largest absolute Gasteiger partial charge is 0.372 e. The van der Waals surface area contributed by atoms with Crippen LogP contribution in [0, 0.1) is 11.7 Å². The van der Waals surface area contributed by atoms with Crippen molar-refractivity contribution in [3.05, 3.63) is 104 Å². The van der Waals surface area contributed by atoms with E-state index in [2.05, 4.69) is 24.1 Å². The highest BCUT2D eigenvalue weighted by molar-refractivity contribution is 8.00. The fraction of sp³-hybridized carbons (Fsp3) is 0.250. The third kappa shape index (κ3) is 5.44. The van der Waals surface area contributed by atoms with Gasteiger partial charge in [0, 0.05) is 40.3 Å². The molecule has 3 amide bonds. The Morgan fingerprint density at radius 1 is 0.932 bits per heavy atom. The van der Waals surface area contributed by atoms with Crippen LogP contribution in [0.25, 0.3) is 0 Å². The molecule has 2 aliphatic heterocycles. The number of thioether (sulfide) groups is 1. The van der Waals surface area contributed by atoms with Gasteiger partial charge in [0.1, 0.15) is 17.6 Å². The summed E-state index contributed by atoms with van der Waals surface area (Å²) in [7, 11) is 0. The minimum Gasteiger partial charge on any atom is -0.372 e. The zero-order valence-corrected chi connectivity index (χ0v) is 26.2. The molecule has 44 heavy (non-hydrogen) atoms. The number of benzene rings is 3. The van der Waals surface area contributed by atoms with Gasteiger partial charge in [0.2, 0.25) is 17.7 Å². The number of fused-ring (bicyclic) bond motifs is 2. The van der Waals surface area contributed by atoms with Crippen molar-refractivity contribution in [1.29, 1.82) is 0 Å². The lowest BCUT2D eigenvalue weighted by molar-refractivity contribution is -0.122. The summed E-state index contributed by atoms with van der Waals surface area (Å²) < 4.78 is 14.7. The molecule has 0 saturated carbocycles. The number of anilines is 3. The van der Waals surface area contributed by atoms with Crippen LogP contribution in [0.15, 0.2) is 82.6 Å². The number of aromatic nitrogens is 1. The maximum atomic E-state index is 14.1. The number of carbonyl (C=O) groups is 3. The van der Waals surface area contributed by atoms with Gasteiger partial charge in [0.05, 0.1) is 16.6 Å². The van der Waals surface area contributed by atoms with Crippen molar-refractivity contribution in [2.75, 3.05) is 28.2 Å². The van der Waals surface area contributed by atoms with Gasteiger partial charge in [-0.05, 0) is 80.1 Å². The van der Waals surface area contributed by atoms with Crippen LogP contribution in [0.5, 0.6) is 0 Å². The van der Waals surface area contributed by atoms with Crippen LogP contribution < -0.4 is 20.0 Å². The van der Waals surface area contributed by atoms with Gasteiger partial charge in [-0.15, -0.1) is 0 Å². The smallest absolute Gasteiger partial charge is 0.308 e. The van der Waals surface area contributed by atoms with E-state index in [1.54, 1.807) is 24.3 Å². The van der Waals surface area contributed by atoms with Gasteiger partial charge in [-0.1, -0.05) is 46.8 Å². The number of rotatable bonds is 8. The fourth-order valence-corrected chi connectivity index (χ4v) is 8.72. The van der Waals surface area contributed by atoms with Crippen LogP contribution >= 0.6 is 34.7 Å². The summed E-state index contributed by atoms with van der Waals surface area (Å²) in [4.78, 5) is 58.0. The van der Waals surface area contributed by atoms with Crippen molar-refractivity contribution in [1.82, 2.24) is 4.57 Å². The average molecular weight is 651 g/mol. The zero-order chi connectivity index (χ0) is 31.1. The molecule has 12 heteroatoms. The number of nitrogens with zero attached hydrogens (tertiary/aromatic N) is 3. The molecule has 6 rings (SSSR count). The molecule has 3 aromatic carbocycles. The Hall–Kier alpha value is -3.93. The lowest BCUT2D eigenvalue weighted by Gasteiger charge is -2.31. The number of carbonyl (C=O) groups excluding carboxylic acids is 3. The molecule has 1 aromatic heterocycles. The third-order valence-electron chi connectivity index (χ3n) is 7.94. The number of halogens is 2. The van der Waals surface area contributed by atoms with Gasteiger partial charge in [-0.25, -0.2) is 9.29 Å². The number of hydrogen-bond acceptors (Lipinski definition) is 7. The van der Waals surface area contributed by atoms with Crippen molar-refractivity contribution in [3.63, 3.8) is 0 Å². The standard InChI is InChI=1S/C32H28ClFN4O4S2/c1-3-36(4-2)22-13-5-18(6-14-22)25-26-27(30(41)38(29(26)40)23-15-7-19(33)8-16-23)43-31-28(25)44-32(42)37(31)17-24(39)35-21-11-9-20(34)10-12-21/h5-16,25-27H,3-4,17H2,1-2H3,(H,35,39)/t25-,26?,27?/m1/s1. The molecule has 1 fully saturated rings. The van der Waals surface area contributed by atoms with E-state index < -0.39 is 28.8 Å². The van der Waals surface area contributed by atoms with E-state index >= 15 is 0 Å². The number of hydrogen-bond donors (Lipinski definition) is 1. The SMILES string of the molecule is CCN(CC)c1ccc([C@H]2c3sc(=O)n(CC(=O)Nc4ccc(F)cc4)c3SC3C(=O)N(c4ccc(Cl)cc4)C(=O)C32)cc1.